The van der Waals surface area contributed by atoms with Gasteiger partial charge in [-0.25, -0.2) is 27.5 Å². The number of nitrogens with one attached hydrogen (secondary N) is 1. The van der Waals surface area contributed by atoms with Crippen LogP contribution < -0.4 is 10.5 Å². The fraction of sp³-hybridized carbons (Fsp3) is 0.227. The van der Waals surface area contributed by atoms with E-state index in [0.717, 1.165) is 25.7 Å². The highest BCUT2D eigenvalue weighted by molar-refractivity contribution is 7.92. The number of rotatable bonds is 5. The largest absolute Gasteiger partial charge is 0.383 e. The van der Waals surface area contributed by atoms with Gasteiger partial charge in [-0.2, -0.15) is 5.10 Å². The highest BCUT2D eigenvalue weighted by atomic mass is 35.5. The number of hydrogen-bond acceptors (Lipinski definition) is 6. The average molecular weight is 521 g/mol. The summed E-state index contributed by atoms with van der Waals surface area (Å²) in [5, 5.41) is 5.46. The number of nitrogens with two attached hydrogens (primary N) is 1. The molecule has 8 nitrogen and oxygen atoms in total. The first-order valence-corrected chi connectivity index (χ1v) is 12.7. The molecule has 2 aromatic carbocycles. The molecule has 0 spiro atoms. The van der Waals surface area contributed by atoms with Crippen LogP contribution >= 0.6 is 23.2 Å². The predicted molar refractivity (Wildman–Crippen MR) is 130 cm³/mol. The van der Waals surface area contributed by atoms with Crippen LogP contribution in [0.1, 0.15) is 31.7 Å². The molecule has 0 unspecified atom stereocenters. The molecule has 2 aromatic heterocycles. The van der Waals surface area contributed by atoms with Crippen LogP contribution in [0.4, 0.5) is 15.9 Å². The van der Waals surface area contributed by atoms with Crippen molar-refractivity contribution in [2.75, 3.05) is 10.5 Å². The fourth-order valence-corrected chi connectivity index (χ4v) is 6.08. The lowest BCUT2D eigenvalue weighted by Crippen LogP contribution is -2.14. The Labute approximate surface area is 205 Å². The van der Waals surface area contributed by atoms with E-state index in [1.165, 1.54) is 36.7 Å². The maximum atomic E-state index is 15.1. The molecule has 1 saturated carbocycles. The number of halogens is 3. The second-order valence-electron chi connectivity index (χ2n) is 8.06. The monoisotopic (exact) mass is 520 g/mol. The average Bonchev–Trinajstić information content (AvgIpc) is 3.43. The van der Waals surface area contributed by atoms with Gasteiger partial charge >= 0.3 is 0 Å². The van der Waals surface area contributed by atoms with E-state index >= 15 is 4.39 Å². The molecule has 0 saturated heterocycles. The number of fused-ring (bicyclic) bond motifs is 1. The van der Waals surface area contributed by atoms with E-state index in [2.05, 4.69) is 14.7 Å². The van der Waals surface area contributed by atoms with E-state index in [-0.39, 0.29) is 32.5 Å². The Kier molecular flexibility index (Phi) is 5.83. The summed E-state index contributed by atoms with van der Waals surface area (Å²) in [5.74, 6) is -0.544. The zero-order valence-electron chi connectivity index (χ0n) is 17.7. The smallest absolute Gasteiger partial charge is 0.263 e. The van der Waals surface area contributed by atoms with Gasteiger partial charge < -0.3 is 5.73 Å². The fourth-order valence-electron chi connectivity index (χ4n) is 4.24. The van der Waals surface area contributed by atoms with Crippen molar-refractivity contribution in [3.8, 4) is 11.3 Å². The number of benzene rings is 2. The Morgan fingerprint density at radius 2 is 1.85 bits per heavy atom. The molecule has 0 aliphatic heterocycles. The van der Waals surface area contributed by atoms with Crippen molar-refractivity contribution in [1.29, 1.82) is 0 Å². The van der Waals surface area contributed by atoms with E-state index in [1.54, 1.807) is 6.07 Å². The van der Waals surface area contributed by atoms with Gasteiger partial charge in [-0.3, -0.25) is 4.72 Å². The highest BCUT2D eigenvalue weighted by Gasteiger charge is 2.25. The Morgan fingerprint density at radius 3 is 2.56 bits per heavy atom. The molecule has 1 aliphatic rings. The van der Waals surface area contributed by atoms with Gasteiger partial charge in [0.2, 0.25) is 0 Å². The minimum absolute atomic E-state index is 0.0728. The minimum Gasteiger partial charge on any atom is -0.383 e. The van der Waals surface area contributed by atoms with Gasteiger partial charge in [0, 0.05) is 10.6 Å². The van der Waals surface area contributed by atoms with Crippen LogP contribution in [-0.2, 0) is 10.0 Å². The number of aromatic nitrogens is 4. The van der Waals surface area contributed by atoms with Crippen molar-refractivity contribution < 1.29 is 12.8 Å². The van der Waals surface area contributed by atoms with Crippen molar-refractivity contribution >= 4 is 55.8 Å². The summed E-state index contributed by atoms with van der Waals surface area (Å²) >= 11 is 11.9. The minimum atomic E-state index is -4.15. The van der Waals surface area contributed by atoms with Crippen molar-refractivity contribution in [2.45, 2.75) is 36.6 Å². The van der Waals surface area contributed by atoms with Crippen LogP contribution in [0.3, 0.4) is 0 Å². The van der Waals surface area contributed by atoms with Crippen molar-refractivity contribution in [3.63, 3.8) is 0 Å². The molecular weight excluding hydrogens is 502 g/mol. The lowest BCUT2D eigenvalue weighted by atomic mass is 10.1. The summed E-state index contributed by atoms with van der Waals surface area (Å²) in [5.41, 5.74) is 7.36. The van der Waals surface area contributed by atoms with E-state index in [9.17, 15) is 8.42 Å². The van der Waals surface area contributed by atoms with Crippen LogP contribution in [-0.4, -0.2) is 28.2 Å². The number of anilines is 2. The summed E-state index contributed by atoms with van der Waals surface area (Å²) < 4.78 is 44.7. The maximum Gasteiger partial charge on any atom is 0.263 e. The Morgan fingerprint density at radius 1 is 1.09 bits per heavy atom. The van der Waals surface area contributed by atoms with Crippen LogP contribution in [0.5, 0.6) is 0 Å². The SMILES string of the molecule is Nc1ncnc2c1c(-c1ccc(NS(=O)(=O)c3ccc(Cl)cc3Cl)c(F)c1)nn2C1CCCC1. The molecule has 34 heavy (non-hydrogen) atoms. The van der Waals surface area contributed by atoms with Crippen molar-refractivity contribution in [2.24, 2.45) is 0 Å². The van der Waals surface area contributed by atoms with Crippen molar-refractivity contribution in [1.82, 2.24) is 19.7 Å². The second kappa shape index (κ2) is 8.68. The number of hydrogen-bond donors (Lipinski definition) is 2. The molecule has 3 N–H and O–H groups in total. The van der Waals surface area contributed by atoms with Gasteiger partial charge in [0.1, 0.15) is 28.6 Å². The molecule has 5 rings (SSSR count). The first-order valence-electron chi connectivity index (χ1n) is 10.5. The zero-order valence-corrected chi connectivity index (χ0v) is 20.0. The molecule has 0 amide bonds. The summed E-state index contributed by atoms with van der Waals surface area (Å²) in [6.45, 7) is 0. The van der Waals surface area contributed by atoms with Gasteiger partial charge in [0.05, 0.1) is 22.1 Å². The third-order valence-corrected chi connectivity index (χ3v) is 7.94. The van der Waals surface area contributed by atoms with E-state index in [0.29, 0.717) is 22.3 Å². The highest BCUT2D eigenvalue weighted by Crippen LogP contribution is 2.37. The molecule has 2 heterocycles. The van der Waals surface area contributed by atoms with Gasteiger partial charge in [-0.1, -0.05) is 42.1 Å². The Balaban J connectivity index is 1.53. The number of nitrogen functional groups attached to an aromatic ring is 1. The topological polar surface area (TPSA) is 116 Å². The molecule has 176 valence electrons. The molecule has 0 bridgehead atoms. The Hall–Kier alpha value is -2.95. The van der Waals surface area contributed by atoms with E-state index < -0.39 is 15.8 Å². The summed E-state index contributed by atoms with van der Waals surface area (Å²) in [6.07, 6.45) is 5.53. The Bertz CT molecular complexity index is 1520. The van der Waals surface area contributed by atoms with Crippen LogP contribution in [0.2, 0.25) is 10.0 Å². The number of nitrogens with zero attached hydrogens (tertiary/aromatic N) is 4. The summed E-state index contributed by atoms with van der Waals surface area (Å²) in [4.78, 5) is 8.23. The van der Waals surface area contributed by atoms with Gasteiger partial charge in [0.25, 0.3) is 10.0 Å². The lowest BCUT2D eigenvalue weighted by molar-refractivity contribution is 0.479. The quantitative estimate of drug-likeness (QED) is 0.362. The molecule has 12 heteroatoms. The molecule has 4 aromatic rings. The molecular formula is C22H19Cl2FN6O2S. The molecule has 1 aliphatic carbocycles. The summed E-state index contributed by atoms with van der Waals surface area (Å²) in [6, 6.07) is 8.22. The normalized spacial score (nSPS) is 14.7. The van der Waals surface area contributed by atoms with Gasteiger partial charge in [0.15, 0.2) is 5.65 Å². The maximum absolute atomic E-state index is 15.1. The standard InChI is InChI=1S/C22H19Cl2FN6O2S/c23-13-6-8-18(15(24)10-13)34(32,33)30-17-7-5-12(9-16(17)25)20-19-21(26)27-11-28-22(19)31(29-20)14-3-1-2-4-14/h5-11,14,30H,1-4H2,(H2,26,27,28). The first-order chi connectivity index (χ1) is 16.2. The second-order valence-corrected chi connectivity index (χ2v) is 10.6. The number of sulfonamides is 1. The van der Waals surface area contributed by atoms with E-state index in [1.807, 2.05) is 4.68 Å². The van der Waals surface area contributed by atoms with Crippen LogP contribution in [0.25, 0.3) is 22.3 Å². The molecule has 0 radical (unpaired) electrons. The van der Waals surface area contributed by atoms with Crippen molar-refractivity contribution in [3.05, 3.63) is 58.6 Å². The third kappa shape index (κ3) is 4.06. The third-order valence-electron chi connectivity index (χ3n) is 5.86. The van der Waals surface area contributed by atoms with Gasteiger partial charge in [-0.15, -0.1) is 0 Å². The zero-order chi connectivity index (χ0) is 24.0. The first kappa shape index (κ1) is 22.8. The lowest BCUT2D eigenvalue weighted by Gasteiger charge is -2.11. The predicted octanol–water partition coefficient (Wildman–Crippen LogP) is 5.44. The molecule has 0 atom stereocenters. The van der Waals surface area contributed by atoms with Gasteiger partial charge in [-0.05, 0) is 43.2 Å². The molecule has 1 fully saturated rings. The summed E-state index contributed by atoms with van der Waals surface area (Å²) in [7, 11) is -4.15. The van der Waals surface area contributed by atoms with E-state index in [4.69, 9.17) is 34.0 Å². The van der Waals surface area contributed by atoms with Crippen LogP contribution in [0.15, 0.2) is 47.6 Å². The van der Waals surface area contributed by atoms with Crippen LogP contribution in [0, 0.1) is 5.82 Å².